The minimum atomic E-state index is 0.108. The number of benzene rings is 1. The highest BCUT2D eigenvalue weighted by molar-refractivity contribution is 5.94. The summed E-state index contributed by atoms with van der Waals surface area (Å²) in [6.07, 6.45) is 4.07. The van der Waals surface area contributed by atoms with E-state index in [1.54, 1.807) is 0 Å². The fourth-order valence-corrected chi connectivity index (χ4v) is 5.69. The van der Waals surface area contributed by atoms with Gasteiger partial charge in [-0.1, -0.05) is 24.3 Å². The Balaban J connectivity index is 1.32. The summed E-state index contributed by atoms with van der Waals surface area (Å²) in [5, 5.41) is 4.74. The van der Waals surface area contributed by atoms with Gasteiger partial charge in [0.05, 0.1) is 0 Å². The van der Waals surface area contributed by atoms with Crippen molar-refractivity contribution in [3.05, 3.63) is 52.3 Å². The molecule has 1 aromatic carbocycles. The molecule has 6 nitrogen and oxygen atoms in total. The fraction of sp³-hybridized carbons (Fsp3) is 0.600. The van der Waals surface area contributed by atoms with Crippen LogP contribution in [0.4, 0.5) is 0 Å². The van der Waals surface area contributed by atoms with E-state index < -0.39 is 0 Å². The predicted octanol–water partition coefficient (Wildman–Crippen LogP) is 2.50. The van der Waals surface area contributed by atoms with Crippen LogP contribution in [0.3, 0.4) is 0 Å². The van der Waals surface area contributed by atoms with Crippen molar-refractivity contribution in [3.8, 4) is 0 Å². The summed E-state index contributed by atoms with van der Waals surface area (Å²) in [4.78, 5) is 20.7. The summed E-state index contributed by atoms with van der Waals surface area (Å²) in [6.45, 7) is 10.6. The van der Waals surface area contributed by atoms with E-state index in [2.05, 4.69) is 47.9 Å². The van der Waals surface area contributed by atoms with Crippen molar-refractivity contribution < 1.29 is 4.79 Å². The first-order valence-corrected chi connectivity index (χ1v) is 11.9. The third kappa shape index (κ3) is 3.92. The lowest BCUT2D eigenvalue weighted by atomic mass is 9.89. The maximum Gasteiger partial charge on any atom is 0.274 e. The van der Waals surface area contributed by atoms with E-state index >= 15 is 0 Å². The molecule has 31 heavy (non-hydrogen) atoms. The molecule has 1 fully saturated rings. The number of hydrogen-bond acceptors (Lipinski definition) is 4. The van der Waals surface area contributed by atoms with Crippen LogP contribution in [0.25, 0.3) is 0 Å². The first-order valence-electron chi connectivity index (χ1n) is 11.9. The van der Waals surface area contributed by atoms with Crippen LogP contribution in [0.1, 0.15) is 53.1 Å². The Hall–Kier alpha value is -2.18. The van der Waals surface area contributed by atoms with Gasteiger partial charge < -0.3 is 4.90 Å². The molecule has 0 N–H and O–H groups in total. The quantitative estimate of drug-likeness (QED) is 0.764. The molecule has 166 valence electrons. The summed E-state index contributed by atoms with van der Waals surface area (Å²) in [7, 11) is 2.00. The van der Waals surface area contributed by atoms with Crippen molar-refractivity contribution in [1.29, 1.82) is 0 Å². The topological polar surface area (TPSA) is 44.6 Å². The molecule has 1 unspecified atom stereocenters. The SMILES string of the molecule is CC(C)N1CCN(C2CCc3c(c(C(=O)N4CCc5ccccc5C4)nn3C)C2)CC1. The summed E-state index contributed by atoms with van der Waals surface area (Å²) in [6, 6.07) is 9.64. The average molecular weight is 422 g/mol. The lowest BCUT2D eigenvalue weighted by molar-refractivity contribution is 0.0703. The molecule has 1 aliphatic carbocycles. The van der Waals surface area contributed by atoms with Crippen molar-refractivity contribution in [2.24, 2.45) is 7.05 Å². The molecule has 5 rings (SSSR count). The van der Waals surface area contributed by atoms with Gasteiger partial charge in [0.2, 0.25) is 0 Å². The molecule has 2 aliphatic heterocycles. The van der Waals surface area contributed by atoms with E-state index in [1.165, 1.54) is 28.8 Å². The molecule has 3 aliphatic rings. The standard InChI is InChI=1S/C25H35N5O/c1-18(2)28-12-14-29(15-13-28)21-8-9-23-22(16-21)24(26-27(23)3)25(31)30-11-10-19-6-4-5-7-20(19)17-30/h4-7,18,21H,8-17H2,1-3H3. The Bertz CT molecular complexity index is 957. The number of carbonyl (C=O) groups is 1. The number of carbonyl (C=O) groups excluding carboxylic acids is 1. The number of aromatic nitrogens is 2. The second kappa shape index (κ2) is 8.40. The third-order valence-corrected chi connectivity index (χ3v) is 7.64. The average Bonchev–Trinajstić information content (AvgIpc) is 3.14. The Morgan fingerprint density at radius 1 is 1.03 bits per heavy atom. The third-order valence-electron chi connectivity index (χ3n) is 7.64. The minimum Gasteiger partial charge on any atom is -0.333 e. The molecule has 3 heterocycles. The number of rotatable bonds is 3. The molecule has 1 atom stereocenters. The second-order valence-corrected chi connectivity index (χ2v) is 9.71. The number of hydrogen-bond donors (Lipinski definition) is 0. The Morgan fingerprint density at radius 3 is 2.52 bits per heavy atom. The Kier molecular flexibility index (Phi) is 5.61. The normalized spacial score (nSPS) is 22.5. The minimum absolute atomic E-state index is 0.108. The number of fused-ring (bicyclic) bond motifs is 2. The van der Waals surface area contributed by atoms with Crippen LogP contribution in [0.5, 0.6) is 0 Å². The van der Waals surface area contributed by atoms with Crippen LogP contribution < -0.4 is 0 Å². The zero-order valence-electron chi connectivity index (χ0n) is 19.2. The highest BCUT2D eigenvalue weighted by Crippen LogP contribution is 2.29. The molecule has 0 spiro atoms. The molecule has 0 saturated carbocycles. The summed E-state index contributed by atoms with van der Waals surface area (Å²) >= 11 is 0. The lowest BCUT2D eigenvalue weighted by Crippen LogP contribution is -2.53. The van der Waals surface area contributed by atoms with Crippen LogP contribution in [-0.2, 0) is 32.9 Å². The summed E-state index contributed by atoms with van der Waals surface area (Å²) in [5.41, 5.74) is 5.80. The van der Waals surface area contributed by atoms with Crippen LogP contribution in [-0.4, -0.2) is 75.2 Å². The fourth-order valence-electron chi connectivity index (χ4n) is 5.69. The number of piperazine rings is 1. The largest absolute Gasteiger partial charge is 0.333 e. The number of amides is 1. The zero-order valence-corrected chi connectivity index (χ0v) is 19.2. The van der Waals surface area contributed by atoms with Crippen LogP contribution in [0.2, 0.25) is 0 Å². The van der Waals surface area contributed by atoms with Crippen molar-refractivity contribution in [1.82, 2.24) is 24.5 Å². The summed E-state index contributed by atoms with van der Waals surface area (Å²) < 4.78 is 1.97. The zero-order chi connectivity index (χ0) is 21.5. The Labute approximate surface area is 185 Å². The molecule has 1 saturated heterocycles. The molecular formula is C25H35N5O. The van der Waals surface area contributed by atoms with Gasteiger partial charge in [-0.25, -0.2) is 0 Å². The highest BCUT2D eigenvalue weighted by atomic mass is 16.2. The molecule has 2 aromatic rings. The number of nitrogens with zero attached hydrogens (tertiary/aromatic N) is 5. The van der Waals surface area contributed by atoms with Gasteiger partial charge in [-0.15, -0.1) is 0 Å². The maximum absolute atomic E-state index is 13.5. The van der Waals surface area contributed by atoms with Crippen molar-refractivity contribution >= 4 is 5.91 Å². The second-order valence-electron chi connectivity index (χ2n) is 9.71. The molecule has 6 heteroatoms. The van der Waals surface area contributed by atoms with Gasteiger partial charge in [0.1, 0.15) is 0 Å². The molecule has 0 radical (unpaired) electrons. The van der Waals surface area contributed by atoms with Crippen molar-refractivity contribution in [2.45, 2.75) is 58.2 Å². The Morgan fingerprint density at radius 2 is 1.77 bits per heavy atom. The van der Waals surface area contributed by atoms with E-state index in [1.807, 2.05) is 16.6 Å². The van der Waals surface area contributed by atoms with E-state index in [0.717, 1.165) is 52.0 Å². The first-order chi connectivity index (χ1) is 15.0. The van der Waals surface area contributed by atoms with E-state index in [-0.39, 0.29) is 5.91 Å². The summed E-state index contributed by atoms with van der Waals surface area (Å²) in [5.74, 6) is 0.108. The van der Waals surface area contributed by atoms with Crippen molar-refractivity contribution in [3.63, 3.8) is 0 Å². The van der Waals surface area contributed by atoms with Crippen LogP contribution >= 0.6 is 0 Å². The van der Waals surface area contributed by atoms with Gasteiger partial charge in [-0.05, 0) is 50.7 Å². The van der Waals surface area contributed by atoms with Gasteiger partial charge in [0, 0.05) is 69.7 Å². The van der Waals surface area contributed by atoms with Crippen molar-refractivity contribution in [2.75, 3.05) is 32.7 Å². The molecule has 1 aromatic heterocycles. The maximum atomic E-state index is 13.5. The molecule has 0 bridgehead atoms. The van der Waals surface area contributed by atoms with Gasteiger partial charge >= 0.3 is 0 Å². The van der Waals surface area contributed by atoms with Gasteiger partial charge in [-0.3, -0.25) is 19.3 Å². The highest BCUT2D eigenvalue weighted by Gasteiger charge is 2.34. The van der Waals surface area contributed by atoms with Gasteiger partial charge in [-0.2, -0.15) is 5.10 Å². The van der Waals surface area contributed by atoms with Gasteiger partial charge in [0.25, 0.3) is 5.91 Å². The van der Waals surface area contributed by atoms with Gasteiger partial charge in [0.15, 0.2) is 5.69 Å². The molecule has 1 amide bonds. The van der Waals surface area contributed by atoms with Crippen LogP contribution in [0.15, 0.2) is 24.3 Å². The smallest absolute Gasteiger partial charge is 0.274 e. The van der Waals surface area contributed by atoms with E-state index in [4.69, 9.17) is 5.10 Å². The number of aryl methyl sites for hydroxylation is 1. The van der Waals surface area contributed by atoms with E-state index in [0.29, 0.717) is 24.3 Å². The molecular weight excluding hydrogens is 386 g/mol. The predicted molar refractivity (Wildman–Crippen MR) is 122 cm³/mol. The first kappa shape index (κ1) is 20.7. The van der Waals surface area contributed by atoms with Crippen LogP contribution in [0, 0.1) is 0 Å². The van der Waals surface area contributed by atoms with E-state index in [9.17, 15) is 4.79 Å². The lowest BCUT2D eigenvalue weighted by Gasteiger charge is -2.42. The monoisotopic (exact) mass is 421 g/mol.